The number of thiophene rings is 1. The number of ether oxygens (including phenoxy) is 2. The van der Waals surface area contributed by atoms with Gasteiger partial charge in [0.15, 0.2) is 0 Å². The summed E-state index contributed by atoms with van der Waals surface area (Å²) in [4.78, 5) is 30.9. The predicted octanol–water partition coefficient (Wildman–Crippen LogP) is 4.65. The average molecular weight is 473 g/mol. The third-order valence-electron chi connectivity index (χ3n) is 6.04. The number of rotatable bonds is 8. The van der Waals surface area contributed by atoms with Gasteiger partial charge < -0.3 is 19.3 Å². The van der Waals surface area contributed by atoms with Crippen LogP contribution >= 0.6 is 11.3 Å². The number of nitrogens with zero attached hydrogens (tertiary/aromatic N) is 2. The lowest BCUT2D eigenvalue weighted by Crippen LogP contribution is -2.53. The lowest BCUT2D eigenvalue weighted by Gasteiger charge is -2.40. The number of fused-ring (bicyclic) bond motifs is 1. The van der Waals surface area contributed by atoms with Crippen LogP contribution in [-0.4, -0.2) is 60.6 Å². The fourth-order valence-corrected chi connectivity index (χ4v) is 5.05. The highest BCUT2D eigenvalue weighted by atomic mass is 32.1. The second-order valence-corrected chi connectivity index (χ2v) is 10.8. The summed E-state index contributed by atoms with van der Waals surface area (Å²) in [6.07, 6.45) is 0.819. The summed E-state index contributed by atoms with van der Waals surface area (Å²) in [5, 5.41) is 2.08. The van der Waals surface area contributed by atoms with Crippen molar-refractivity contribution in [3.05, 3.63) is 51.7 Å². The fraction of sp³-hybridized carbons (Fsp3) is 0.538. The first-order valence-electron chi connectivity index (χ1n) is 11.5. The highest BCUT2D eigenvalue weighted by molar-refractivity contribution is 7.10. The quantitative estimate of drug-likeness (QED) is 0.561. The van der Waals surface area contributed by atoms with E-state index in [0.717, 1.165) is 17.7 Å². The maximum atomic E-state index is 13.5. The minimum absolute atomic E-state index is 0.0186. The Bertz CT molecular complexity index is 946. The van der Waals surface area contributed by atoms with Gasteiger partial charge in [0, 0.05) is 24.1 Å². The summed E-state index contributed by atoms with van der Waals surface area (Å²) < 4.78 is 11.2. The molecule has 0 radical (unpaired) electrons. The van der Waals surface area contributed by atoms with Crippen LogP contribution in [0.5, 0.6) is 5.75 Å². The van der Waals surface area contributed by atoms with Crippen molar-refractivity contribution in [2.24, 2.45) is 0 Å². The number of hydrogen-bond donors (Lipinski definition) is 0. The molecule has 1 aromatic carbocycles. The van der Waals surface area contributed by atoms with Crippen LogP contribution in [0.25, 0.3) is 0 Å². The molecule has 33 heavy (non-hydrogen) atoms. The van der Waals surface area contributed by atoms with Crippen molar-refractivity contribution >= 4 is 23.2 Å². The Hall–Kier alpha value is -2.38. The Kier molecular flexibility index (Phi) is 8.19. The summed E-state index contributed by atoms with van der Waals surface area (Å²) in [6, 6.07) is 10.1. The van der Waals surface area contributed by atoms with Gasteiger partial charge in [-0.3, -0.25) is 9.59 Å². The van der Waals surface area contributed by atoms with E-state index in [1.54, 1.807) is 16.2 Å². The first-order chi connectivity index (χ1) is 15.6. The van der Waals surface area contributed by atoms with Gasteiger partial charge in [0.05, 0.1) is 6.04 Å². The zero-order chi connectivity index (χ0) is 24.2. The van der Waals surface area contributed by atoms with Crippen molar-refractivity contribution in [1.82, 2.24) is 9.80 Å². The zero-order valence-electron chi connectivity index (χ0n) is 20.6. The van der Waals surface area contributed by atoms with Crippen LogP contribution in [0.2, 0.25) is 0 Å². The highest BCUT2D eigenvalue weighted by Crippen LogP contribution is 2.34. The number of hydrogen-bond acceptors (Lipinski definition) is 5. The van der Waals surface area contributed by atoms with Crippen molar-refractivity contribution in [2.75, 3.05) is 33.4 Å². The van der Waals surface area contributed by atoms with E-state index in [1.165, 1.54) is 17.6 Å². The fourth-order valence-electron chi connectivity index (χ4n) is 4.13. The third kappa shape index (κ3) is 6.15. The van der Waals surface area contributed by atoms with Crippen LogP contribution in [0.1, 0.15) is 62.6 Å². The lowest BCUT2D eigenvalue weighted by molar-refractivity contribution is -0.148. The normalized spacial score (nSPS) is 16.0. The van der Waals surface area contributed by atoms with E-state index in [0.29, 0.717) is 19.1 Å². The molecule has 0 spiro atoms. The Labute approximate surface area is 201 Å². The van der Waals surface area contributed by atoms with E-state index in [-0.39, 0.29) is 31.0 Å². The second-order valence-electron chi connectivity index (χ2n) is 9.77. The first-order valence-corrected chi connectivity index (χ1v) is 12.4. The van der Waals surface area contributed by atoms with Crippen LogP contribution < -0.4 is 4.74 Å². The molecule has 1 aliphatic heterocycles. The molecular formula is C26H36N2O4S. The topological polar surface area (TPSA) is 59.1 Å². The van der Waals surface area contributed by atoms with Gasteiger partial charge >= 0.3 is 0 Å². The zero-order valence-corrected chi connectivity index (χ0v) is 21.4. The van der Waals surface area contributed by atoms with E-state index in [9.17, 15) is 9.59 Å². The highest BCUT2D eigenvalue weighted by Gasteiger charge is 2.35. The number of methoxy groups -OCH3 is 1. The van der Waals surface area contributed by atoms with E-state index in [1.807, 2.05) is 37.8 Å². The van der Waals surface area contributed by atoms with Crippen LogP contribution in [0.3, 0.4) is 0 Å². The van der Waals surface area contributed by atoms with Crippen LogP contribution in [0, 0.1) is 0 Å². The Morgan fingerprint density at radius 3 is 2.48 bits per heavy atom. The molecule has 1 atom stereocenters. The number of benzene rings is 1. The van der Waals surface area contributed by atoms with Gasteiger partial charge in [-0.2, -0.15) is 0 Å². The summed E-state index contributed by atoms with van der Waals surface area (Å²) in [6.45, 7) is 11.1. The first kappa shape index (κ1) is 25.2. The summed E-state index contributed by atoms with van der Waals surface area (Å²) in [7, 11) is 1.49. The van der Waals surface area contributed by atoms with Gasteiger partial charge in [0.25, 0.3) is 0 Å². The molecule has 7 heteroatoms. The van der Waals surface area contributed by atoms with Crippen LogP contribution in [-0.2, 0) is 20.7 Å². The molecule has 2 heterocycles. The molecule has 0 N–H and O–H groups in total. The van der Waals surface area contributed by atoms with E-state index >= 15 is 0 Å². The number of amides is 2. The minimum Gasteiger partial charge on any atom is -0.491 e. The lowest BCUT2D eigenvalue weighted by atomic mass is 9.99. The third-order valence-corrected chi connectivity index (χ3v) is 7.04. The van der Waals surface area contributed by atoms with Crippen molar-refractivity contribution in [3.8, 4) is 5.75 Å². The second kappa shape index (κ2) is 10.7. The van der Waals surface area contributed by atoms with Crippen LogP contribution in [0.4, 0.5) is 0 Å². The SMILES string of the molecule is COCC(=O)N(CC(=O)N1CCc2sccc2[C@@H]1COc1ccc(C(C)C)cc1)C(C)(C)C. The Morgan fingerprint density at radius 2 is 1.88 bits per heavy atom. The molecular weight excluding hydrogens is 436 g/mol. The smallest absolute Gasteiger partial charge is 0.249 e. The van der Waals surface area contributed by atoms with E-state index < -0.39 is 5.54 Å². The largest absolute Gasteiger partial charge is 0.491 e. The molecule has 0 unspecified atom stereocenters. The molecule has 0 saturated carbocycles. The summed E-state index contributed by atoms with van der Waals surface area (Å²) in [5.41, 5.74) is 1.92. The van der Waals surface area contributed by atoms with Crippen molar-refractivity contribution < 1.29 is 19.1 Å². The number of carbonyl (C=O) groups is 2. The van der Waals surface area contributed by atoms with E-state index in [4.69, 9.17) is 9.47 Å². The maximum absolute atomic E-state index is 13.5. The molecule has 0 aliphatic carbocycles. The monoisotopic (exact) mass is 472 g/mol. The van der Waals surface area contributed by atoms with Crippen molar-refractivity contribution in [1.29, 1.82) is 0 Å². The van der Waals surface area contributed by atoms with Gasteiger partial charge in [0.2, 0.25) is 11.8 Å². The average Bonchev–Trinajstić information content (AvgIpc) is 3.24. The standard InChI is InChI=1S/C26H36N2O4S/c1-18(2)19-7-9-20(10-8-19)32-16-22-21-12-14-33-23(21)11-13-27(22)24(29)15-28(26(3,4)5)25(30)17-31-6/h7-10,12,14,18,22H,11,13,15-17H2,1-6H3/t22-/m0/s1. The summed E-state index contributed by atoms with van der Waals surface area (Å²) in [5.74, 6) is 0.991. The minimum atomic E-state index is -0.487. The van der Waals surface area contributed by atoms with Gasteiger partial charge in [-0.05, 0) is 67.8 Å². The number of carbonyl (C=O) groups excluding carboxylic acids is 2. The molecule has 1 aromatic heterocycles. The molecule has 2 amide bonds. The molecule has 2 aromatic rings. The van der Waals surface area contributed by atoms with E-state index in [2.05, 4.69) is 37.4 Å². The van der Waals surface area contributed by atoms with Crippen molar-refractivity contribution in [3.63, 3.8) is 0 Å². The molecule has 1 aliphatic rings. The molecule has 6 nitrogen and oxygen atoms in total. The maximum Gasteiger partial charge on any atom is 0.249 e. The summed E-state index contributed by atoms with van der Waals surface area (Å²) >= 11 is 1.72. The van der Waals surface area contributed by atoms with Crippen LogP contribution in [0.15, 0.2) is 35.7 Å². The van der Waals surface area contributed by atoms with Gasteiger partial charge in [-0.1, -0.05) is 26.0 Å². The molecule has 0 fully saturated rings. The Balaban J connectivity index is 1.77. The van der Waals surface area contributed by atoms with Crippen molar-refractivity contribution in [2.45, 2.75) is 58.5 Å². The molecule has 180 valence electrons. The molecule has 0 bridgehead atoms. The Morgan fingerprint density at radius 1 is 1.18 bits per heavy atom. The molecule has 3 rings (SSSR count). The van der Waals surface area contributed by atoms with Gasteiger partial charge in [-0.25, -0.2) is 0 Å². The van der Waals surface area contributed by atoms with Gasteiger partial charge in [-0.15, -0.1) is 11.3 Å². The molecule has 0 saturated heterocycles. The predicted molar refractivity (Wildman–Crippen MR) is 132 cm³/mol. The van der Waals surface area contributed by atoms with Gasteiger partial charge in [0.1, 0.15) is 25.5 Å².